The van der Waals surface area contributed by atoms with Gasteiger partial charge in [-0.2, -0.15) is 0 Å². The topological polar surface area (TPSA) is 54.9 Å². The highest BCUT2D eigenvalue weighted by Gasteiger charge is 2.04. The first-order valence-corrected chi connectivity index (χ1v) is 8.16. The van der Waals surface area contributed by atoms with Crippen LogP contribution < -0.4 is 20.1 Å². The van der Waals surface area contributed by atoms with Crippen LogP contribution in [0, 0.1) is 0 Å². The van der Waals surface area contributed by atoms with Gasteiger partial charge < -0.3 is 20.1 Å². The van der Waals surface area contributed by atoms with Gasteiger partial charge in [0.1, 0.15) is 18.1 Å². The molecule has 0 bridgehead atoms. The highest BCUT2D eigenvalue weighted by atomic mass is 16.5. The maximum Gasteiger partial charge on any atom is 0.191 e. The van der Waals surface area contributed by atoms with E-state index in [4.69, 9.17) is 9.47 Å². The monoisotopic (exact) mass is 339 g/mol. The lowest BCUT2D eigenvalue weighted by atomic mass is 10.2. The van der Waals surface area contributed by atoms with Crippen molar-refractivity contribution in [2.75, 3.05) is 20.8 Å². The van der Waals surface area contributed by atoms with Crippen molar-refractivity contribution in [2.24, 2.45) is 4.99 Å². The number of methoxy groups -OCH3 is 1. The Labute approximate surface area is 149 Å². The van der Waals surface area contributed by atoms with Crippen molar-refractivity contribution in [3.63, 3.8) is 0 Å². The second kappa shape index (κ2) is 10.0. The van der Waals surface area contributed by atoms with Crippen LogP contribution in [0.15, 0.2) is 66.2 Å². The summed E-state index contributed by atoms with van der Waals surface area (Å²) in [6.07, 6.45) is 1.74. The molecule has 2 N–H and O–H groups in total. The van der Waals surface area contributed by atoms with Crippen molar-refractivity contribution >= 4 is 5.96 Å². The van der Waals surface area contributed by atoms with Gasteiger partial charge in [0, 0.05) is 25.7 Å². The molecule has 25 heavy (non-hydrogen) atoms. The molecule has 5 nitrogen and oxygen atoms in total. The third-order valence-corrected chi connectivity index (χ3v) is 3.62. The standard InChI is InChI=1S/C20H25N3O2/c1-4-13-25-19-8-6-5-7-17(19)15-23-20(21-2)22-14-16-9-11-18(24-3)12-10-16/h4-12H,1,13-15H2,2-3H3,(H2,21,22,23). The lowest BCUT2D eigenvalue weighted by Gasteiger charge is -2.14. The Kier molecular flexibility index (Phi) is 7.38. The minimum absolute atomic E-state index is 0.488. The van der Waals surface area contributed by atoms with Crippen LogP contribution in [-0.4, -0.2) is 26.7 Å². The average Bonchev–Trinajstić information content (AvgIpc) is 2.67. The van der Waals surface area contributed by atoms with Crippen LogP contribution in [0.2, 0.25) is 0 Å². The van der Waals surface area contributed by atoms with Crippen LogP contribution in [-0.2, 0) is 13.1 Å². The number of rotatable bonds is 8. The number of ether oxygens (including phenoxy) is 2. The van der Waals surface area contributed by atoms with E-state index in [1.54, 1.807) is 20.2 Å². The van der Waals surface area contributed by atoms with Crippen molar-refractivity contribution in [1.29, 1.82) is 0 Å². The fraction of sp³-hybridized carbons (Fsp3) is 0.250. The highest BCUT2D eigenvalue weighted by molar-refractivity contribution is 5.79. The zero-order valence-corrected chi connectivity index (χ0v) is 14.8. The highest BCUT2D eigenvalue weighted by Crippen LogP contribution is 2.17. The predicted molar refractivity (Wildman–Crippen MR) is 102 cm³/mol. The molecule has 0 amide bonds. The number of hydrogen-bond donors (Lipinski definition) is 2. The Morgan fingerprint density at radius 2 is 1.80 bits per heavy atom. The first-order valence-electron chi connectivity index (χ1n) is 8.16. The molecule has 0 saturated carbocycles. The van der Waals surface area contributed by atoms with Crippen molar-refractivity contribution in [3.05, 3.63) is 72.3 Å². The van der Waals surface area contributed by atoms with E-state index in [-0.39, 0.29) is 0 Å². The number of hydrogen-bond acceptors (Lipinski definition) is 3. The van der Waals surface area contributed by atoms with Gasteiger partial charge >= 0.3 is 0 Å². The van der Waals surface area contributed by atoms with Crippen molar-refractivity contribution < 1.29 is 9.47 Å². The van der Waals surface area contributed by atoms with E-state index < -0.39 is 0 Å². The Bertz CT molecular complexity index is 696. The van der Waals surface area contributed by atoms with Gasteiger partial charge in [-0.1, -0.05) is 43.0 Å². The van der Waals surface area contributed by atoms with Crippen LogP contribution in [0.1, 0.15) is 11.1 Å². The third kappa shape index (κ3) is 5.88. The Hall–Kier alpha value is -2.95. The fourth-order valence-electron chi connectivity index (χ4n) is 2.27. The lowest BCUT2D eigenvalue weighted by molar-refractivity contribution is 0.358. The normalized spacial score (nSPS) is 10.9. The van der Waals surface area contributed by atoms with E-state index in [1.807, 2.05) is 48.5 Å². The van der Waals surface area contributed by atoms with Gasteiger partial charge in [-0.15, -0.1) is 0 Å². The summed E-state index contributed by atoms with van der Waals surface area (Å²) in [7, 11) is 3.42. The van der Waals surface area contributed by atoms with Gasteiger partial charge in [0.15, 0.2) is 5.96 Å². The molecule has 0 atom stereocenters. The molecule has 0 aliphatic heterocycles. The van der Waals surface area contributed by atoms with Gasteiger partial charge in [0.2, 0.25) is 0 Å². The van der Waals surface area contributed by atoms with Gasteiger partial charge in [0.25, 0.3) is 0 Å². The molecule has 0 radical (unpaired) electrons. The number of nitrogens with one attached hydrogen (secondary N) is 2. The second-order valence-electron chi connectivity index (χ2n) is 5.33. The smallest absolute Gasteiger partial charge is 0.191 e. The third-order valence-electron chi connectivity index (χ3n) is 3.62. The molecule has 5 heteroatoms. The molecule has 2 rings (SSSR count). The van der Waals surface area contributed by atoms with Crippen LogP contribution in [0.5, 0.6) is 11.5 Å². The van der Waals surface area contributed by atoms with Crippen LogP contribution >= 0.6 is 0 Å². The summed E-state index contributed by atoms with van der Waals surface area (Å²) in [6, 6.07) is 15.9. The summed E-state index contributed by atoms with van der Waals surface area (Å²) >= 11 is 0. The molecule has 0 saturated heterocycles. The number of guanidine groups is 1. The second-order valence-corrected chi connectivity index (χ2v) is 5.33. The minimum atomic E-state index is 0.488. The lowest BCUT2D eigenvalue weighted by Crippen LogP contribution is -2.36. The number of para-hydroxylation sites is 1. The van der Waals surface area contributed by atoms with Crippen LogP contribution in [0.3, 0.4) is 0 Å². The summed E-state index contributed by atoms with van der Waals surface area (Å²) in [5, 5.41) is 6.60. The number of nitrogens with zero attached hydrogens (tertiary/aromatic N) is 1. The molecule has 0 aliphatic rings. The minimum Gasteiger partial charge on any atom is -0.497 e. The molecule has 0 aliphatic carbocycles. The Morgan fingerprint density at radius 1 is 1.08 bits per heavy atom. The number of benzene rings is 2. The molecule has 0 heterocycles. The van der Waals surface area contributed by atoms with Crippen LogP contribution in [0.25, 0.3) is 0 Å². The maximum atomic E-state index is 5.67. The van der Waals surface area contributed by atoms with Crippen LogP contribution in [0.4, 0.5) is 0 Å². The molecule has 0 spiro atoms. The summed E-state index contributed by atoms with van der Waals surface area (Å²) in [6.45, 7) is 5.47. The zero-order valence-electron chi connectivity index (χ0n) is 14.8. The fourth-order valence-corrected chi connectivity index (χ4v) is 2.27. The molecule has 2 aromatic carbocycles. The van der Waals surface area contributed by atoms with Crippen molar-refractivity contribution in [3.8, 4) is 11.5 Å². The average molecular weight is 339 g/mol. The summed E-state index contributed by atoms with van der Waals surface area (Å²) in [5.41, 5.74) is 2.22. The summed E-state index contributed by atoms with van der Waals surface area (Å²) in [5.74, 6) is 2.43. The Morgan fingerprint density at radius 3 is 2.48 bits per heavy atom. The van der Waals surface area contributed by atoms with Crippen molar-refractivity contribution in [1.82, 2.24) is 10.6 Å². The zero-order chi connectivity index (χ0) is 17.9. The van der Waals surface area contributed by atoms with Gasteiger partial charge in [-0.25, -0.2) is 0 Å². The molecular formula is C20H25N3O2. The molecule has 0 aromatic heterocycles. The molecule has 0 fully saturated rings. The summed E-state index contributed by atoms with van der Waals surface area (Å²) in [4.78, 5) is 4.26. The molecular weight excluding hydrogens is 314 g/mol. The van der Waals surface area contributed by atoms with Crippen molar-refractivity contribution in [2.45, 2.75) is 13.1 Å². The van der Waals surface area contributed by atoms with E-state index in [1.165, 1.54) is 0 Å². The molecule has 132 valence electrons. The maximum absolute atomic E-state index is 5.67. The van der Waals surface area contributed by atoms with Gasteiger partial charge in [-0.05, 0) is 23.8 Å². The Balaban J connectivity index is 1.88. The first-order chi connectivity index (χ1) is 12.3. The quantitative estimate of drug-likeness (QED) is 0.441. The van der Waals surface area contributed by atoms with E-state index >= 15 is 0 Å². The van der Waals surface area contributed by atoms with E-state index in [0.29, 0.717) is 19.7 Å². The first kappa shape index (κ1) is 18.4. The van der Waals surface area contributed by atoms with E-state index in [0.717, 1.165) is 28.6 Å². The predicted octanol–water partition coefficient (Wildman–Crippen LogP) is 3.13. The van der Waals surface area contributed by atoms with E-state index in [2.05, 4.69) is 22.2 Å². The largest absolute Gasteiger partial charge is 0.497 e. The molecule has 2 aromatic rings. The summed E-state index contributed by atoms with van der Waals surface area (Å²) < 4.78 is 10.8. The SMILES string of the molecule is C=CCOc1ccccc1CNC(=NC)NCc1ccc(OC)cc1. The number of aliphatic imine (C=N–C) groups is 1. The molecule has 0 unspecified atom stereocenters. The van der Waals surface area contributed by atoms with Gasteiger partial charge in [-0.3, -0.25) is 4.99 Å². The van der Waals surface area contributed by atoms with E-state index in [9.17, 15) is 0 Å². The van der Waals surface area contributed by atoms with Gasteiger partial charge in [0.05, 0.1) is 7.11 Å².